The zero-order chi connectivity index (χ0) is 6.69. The van der Waals surface area contributed by atoms with E-state index >= 15 is 0 Å². The maximum atomic E-state index is 8.42. The van der Waals surface area contributed by atoms with Crippen molar-refractivity contribution in [3.8, 4) is 6.07 Å². The Morgan fingerprint density at radius 3 is 2.78 bits per heavy atom. The number of hydrogen-bond acceptors (Lipinski definition) is 3. The summed E-state index contributed by atoms with van der Waals surface area (Å²) in [6.07, 6.45) is 0.788. The van der Waals surface area contributed by atoms with Gasteiger partial charge in [-0.1, -0.05) is 0 Å². The Kier molecular flexibility index (Phi) is 2.04. The van der Waals surface area contributed by atoms with Crippen LogP contribution in [0.3, 0.4) is 0 Å². The van der Waals surface area contributed by atoms with Crippen molar-refractivity contribution in [2.45, 2.75) is 12.5 Å². The second-order valence-electron chi connectivity index (χ2n) is 2.36. The Balaban J connectivity index is 2.34. The number of nitriles is 1. The predicted octanol–water partition coefficient (Wildman–Crippen LogP) is -0.126. The fraction of sp³-hybridized carbons (Fsp3) is 0.833. The van der Waals surface area contributed by atoms with E-state index in [4.69, 9.17) is 15.7 Å². The molecule has 0 aromatic heterocycles. The highest BCUT2D eigenvalue weighted by atomic mass is 16.5. The van der Waals surface area contributed by atoms with Gasteiger partial charge in [0.1, 0.15) is 0 Å². The Morgan fingerprint density at radius 1 is 1.56 bits per heavy atom. The molecule has 1 aliphatic heterocycles. The molecule has 0 aromatic carbocycles. The molecule has 0 aromatic rings. The molecule has 0 bridgehead atoms. The zero-order valence-corrected chi connectivity index (χ0v) is 5.21. The molecule has 0 aliphatic carbocycles. The highest BCUT2D eigenvalue weighted by Crippen LogP contribution is 2.10. The van der Waals surface area contributed by atoms with Crippen molar-refractivity contribution in [3.05, 3.63) is 0 Å². The summed E-state index contributed by atoms with van der Waals surface area (Å²) >= 11 is 0. The summed E-state index contributed by atoms with van der Waals surface area (Å²) in [6, 6.07) is 2.20. The first-order valence-electron chi connectivity index (χ1n) is 3.06. The normalized spacial score (nSPS) is 35.6. The van der Waals surface area contributed by atoms with Gasteiger partial charge in [-0.3, -0.25) is 0 Å². The zero-order valence-electron chi connectivity index (χ0n) is 5.21. The maximum Gasteiger partial charge on any atom is 0.0712 e. The van der Waals surface area contributed by atoms with Crippen LogP contribution in [0, 0.1) is 17.2 Å². The van der Waals surface area contributed by atoms with Crippen LogP contribution in [0.1, 0.15) is 6.42 Å². The van der Waals surface area contributed by atoms with E-state index in [1.807, 2.05) is 0 Å². The lowest BCUT2D eigenvalue weighted by Crippen LogP contribution is -2.35. The quantitative estimate of drug-likeness (QED) is 0.492. The van der Waals surface area contributed by atoms with Crippen LogP contribution >= 0.6 is 0 Å². The van der Waals surface area contributed by atoms with Gasteiger partial charge < -0.3 is 10.5 Å². The largest absolute Gasteiger partial charge is 0.378 e. The Bertz CT molecular complexity index is 130. The van der Waals surface area contributed by atoms with Crippen LogP contribution in [0.2, 0.25) is 0 Å². The van der Waals surface area contributed by atoms with Gasteiger partial charge in [-0.25, -0.2) is 0 Å². The molecule has 0 amide bonds. The van der Waals surface area contributed by atoms with Crippen LogP contribution in [0.4, 0.5) is 0 Å². The van der Waals surface area contributed by atoms with E-state index in [0.717, 1.165) is 6.42 Å². The monoisotopic (exact) mass is 126 g/mol. The van der Waals surface area contributed by atoms with Crippen molar-refractivity contribution >= 4 is 0 Å². The van der Waals surface area contributed by atoms with Crippen LogP contribution in [0.5, 0.6) is 0 Å². The van der Waals surface area contributed by atoms with Gasteiger partial charge in [-0.05, 0) is 6.42 Å². The van der Waals surface area contributed by atoms with E-state index in [1.165, 1.54) is 0 Å². The molecule has 2 unspecified atom stereocenters. The summed E-state index contributed by atoms with van der Waals surface area (Å²) in [5.74, 6) is 0.0220. The third kappa shape index (κ3) is 1.67. The Labute approximate surface area is 54.4 Å². The van der Waals surface area contributed by atoms with E-state index in [9.17, 15) is 0 Å². The lowest BCUT2D eigenvalue weighted by Gasteiger charge is -2.21. The number of ether oxygens (including phenoxy) is 1. The first-order chi connectivity index (χ1) is 4.33. The molecule has 1 aliphatic rings. The van der Waals surface area contributed by atoms with Crippen molar-refractivity contribution in [1.82, 2.24) is 0 Å². The van der Waals surface area contributed by atoms with E-state index in [0.29, 0.717) is 13.2 Å². The van der Waals surface area contributed by atoms with Gasteiger partial charge in [-0.15, -0.1) is 0 Å². The van der Waals surface area contributed by atoms with Gasteiger partial charge >= 0.3 is 0 Å². The summed E-state index contributed by atoms with van der Waals surface area (Å²) in [5.41, 5.74) is 5.52. The maximum absolute atomic E-state index is 8.42. The average molecular weight is 126 g/mol. The second-order valence-corrected chi connectivity index (χ2v) is 2.36. The van der Waals surface area contributed by atoms with Gasteiger partial charge in [-0.2, -0.15) is 5.26 Å². The lowest BCUT2D eigenvalue weighted by atomic mass is 10.0. The molecule has 1 rings (SSSR count). The summed E-state index contributed by atoms with van der Waals surface area (Å²) in [7, 11) is 0. The minimum Gasteiger partial charge on any atom is -0.378 e. The molecule has 9 heavy (non-hydrogen) atoms. The third-order valence-corrected chi connectivity index (χ3v) is 1.42. The topological polar surface area (TPSA) is 59.0 Å². The SMILES string of the molecule is N#CC1COCC(N)C1. The summed E-state index contributed by atoms with van der Waals surface area (Å²) in [5, 5.41) is 8.42. The molecule has 0 spiro atoms. The number of nitrogens with two attached hydrogens (primary N) is 1. The van der Waals surface area contributed by atoms with Crippen molar-refractivity contribution in [3.63, 3.8) is 0 Å². The molecular weight excluding hydrogens is 116 g/mol. The van der Waals surface area contributed by atoms with E-state index in [-0.39, 0.29) is 12.0 Å². The molecule has 3 heteroatoms. The van der Waals surface area contributed by atoms with Gasteiger partial charge in [0.05, 0.1) is 25.2 Å². The van der Waals surface area contributed by atoms with Crippen molar-refractivity contribution in [2.24, 2.45) is 11.7 Å². The number of hydrogen-bond donors (Lipinski definition) is 1. The van der Waals surface area contributed by atoms with Crippen LogP contribution in [0.15, 0.2) is 0 Å². The first-order valence-corrected chi connectivity index (χ1v) is 3.06. The molecule has 1 fully saturated rings. The smallest absolute Gasteiger partial charge is 0.0712 e. The number of rotatable bonds is 0. The Hall–Kier alpha value is -0.590. The number of nitrogens with zero attached hydrogens (tertiary/aromatic N) is 1. The molecule has 0 radical (unpaired) electrons. The Morgan fingerprint density at radius 2 is 2.33 bits per heavy atom. The van der Waals surface area contributed by atoms with Gasteiger partial charge in [0.2, 0.25) is 0 Å². The summed E-state index contributed by atoms with van der Waals surface area (Å²) < 4.78 is 5.04. The predicted molar refractivity (Wildman–Crippen MR) is 32.5 cm³/mol. The minimum absolute atomic E-state index is 0.0220. The molecule has 1 heterocycles. The van der Waals surface area contributed by atoms with Gasteiger partial charge in [0.15, 0.2) is 0 Å². The van der Waals surface area contributed by atoms with Crippen LogP contribution in [-0.2, 0) is 4.74 Å². The molecule has 3 nitrogen and oxygen atoms in total. The fourth-order valence-electron chi connectivity index (χ4n) is 0.953. The minimum atomic E-state index is 0.0220. The van der Waals surface area contributed by atoms with Gasteiger partial charge in [0, 0.05) is 6.04 Å². The fourth-order valence-corrected chi connectivity index (χ4v) is 0.953. The third-order valence-electron chi connectivity index (χ3n) is 1.42. The molecule has 2 N–H and O–H groups in total. The standard InChI is InChI=1S/C6H10N2O/c7-2-5-1-6(8)4-9-3-5/h5-6H,1,3-4,8H2. The molecule has 2 atom stereocenters. The average Bonchev–Trinajstić information content (AvgIpc) is 1.88. The molecule has 0 saturated carbocycles. The first kappa shape index (κ1) is 6.53. The second kappa shape index (κ2) is 2.81. The van der Waals surface area contributed by atoms with Crippen molar-refractivity contribution in [1.29, 1.82) is 5.26 Å². The van der Waals surface area contributed by atoms with Crippen LogP contribution in [-0.4, -0.2) is 19.3 Å². The van der Waals surface area contributed by atoms with E-state index in [1.54, 1.807) is 0 Å². The van der Waals surface area contributed by atoms with E-state index in [2.05, 4.69) is 6.07 Å². The lowest BCUT2D eigenvalue weighted by molar-refractivity contribution is 0.0591. The molecule has 50 valence electrons. The van der Waals surface area contributed by atoms with E-state index < -0.39 is 0 Å². The van der Waals surface area contributed by atoms with Crippen LogP contribution in [0.25, 0.3) is 0 Å². The van der Waals surface area contributed by atoms with Gasteiger partial charge in [0.25, 0.3) is 0 Å². The highest BCUT2D eigenvalue weighted by Gasteiger charge is 2.18. The molecular formula is C6H10N2O. The summed E-state index contributed by atoms with van der Waals surface area (Å²) in [6.45, 7) is 1.17. The summed E-state index contributed by atoms with van der Waals surface area (Å²) in [4.78, 5) is 0. The van der Waals surface area contributed by atoms with Crippen molar-refractivity contribution in [2.75, 3.05) is 13.2 Å². The van der Waals surface area contributed by atoms with Crippen LogP contribution < -0.4 is 5.73 Å². The van der Waals surface area contributed by atoms with Crippen molar-refractivity contribution < 1.29 is 4.74 Å². The highest BCUT2D eigenvalue weighted by molar-refractivity contribution is 4.87. The molecule has 1 saturated heterocycles.